The molecule has 0 spiro atoms. The van der Waals surface area contributed by atoms with Gasteiger partial charge in [-0.15, -0.1) is 0 Å². The van der Waals surface area contributed by atoms with E-state index in [9.17, 15) is 4.79 Å². The first-order chi connectivity index (χ1) is 9.29. The molecule has 1 heterocycles. The summed E-state index contributed by atoms with van der Waals surface area (Å²) in [6.07, 6.45) is 1.79. The minimum absolute atomic E-state index is 0.145. The summed E-state index contributed by atoms with van der Waals surface area (Å²) in [6, 6.07) is 10.2. The molecule has 0 amide bonds. The van der Waals surface area contributed by atoms with E-state index in [-0.39, 0.29) is 18.1 Å². The Kier molecular flexibility index (Phi) is 5.36. The van der Waals surface area contributed by atoms with Crippen LogP contribution in [0.25, 0.3) is 0 Å². The van der Waals surface area contributed by atoms with Gasteiger partial charge in [0.1, 0.15) is 6.04 Å². The smallest absolute Gasteiger partial charge is 0.323 e. The van der Waals surface area contributed by atoms with Crippen molar-refractivity contribution < 1.29 is 14.3 Å². The molecule has 19 heavy (non-hydrogen) atoms. The lowest BCUT2D eigenvalue weighted by atomic mass is 10.2. The summed E-state index contributed by atoms with van der Waals surface area (Å²) in [6.45, 7) is 3.51. The Morgan fingerprint density at radius 3 is 2.84 bits per heavy atom. The maximum Gasteiger partial charge on any atom is 0.323 e. The maximum absolute atomic E-state index is 11.6. The van der Waals surface area contributed by atoms with Gasteiger partial charge in [-0.25, -0.2) is 0 Å². The molecule has 2 unspecified atom stereocenters. The van der Waals surface area contributed by atoms with Gasteiger partial charge in [0.15, 0.2) is 0 Å². The van der Waals surface area contributed by atoms with E-state index in [1.54, 1.807) is 0 Å². The molecule has 1 aromatic rings. The van der Waals surface area contributed by atoms with Crippen molar-refractivity contribution in [3.05, 3.63) is 35.9 Å². The number of benzene rings is 1. The normalized spacial score (nSPS) is 22.4. The van der Waals surface area contributed by atoms with Crippen LogP contribution in [0.5, 0.6) is 0 Å². The molecule has 0 saturated carbocycles. The number of nitrogens with one attached hydrogen (secondary N) is 1. The van der Waals surface area contributed by atoms with E-state index in [1.807, 2.05) is 37.3 Å². The van der Waals surface area contributed by atoms with Crippen LogP contribution in [0.2, 0.25) is 0 Å². The number of carbonyl (C=O) groups is 1. The van der Waals surface area contributed by atoms with E-state index in [2.05, 4.69) is 5.32 Å². The summed E-state index contributed by atoms with van der Waals surface area (Å²) in [7, 11) is 0. The van der Waals surface area contributed by atoms with Crippen LogP contribution < -0.4 is 5.32 Å². The molecule has 0 aromatic heterocycles. The predicted octanol–water partition coefficient (Wildman–Crippen LogP) is 1.89. The fraction of sp³-hybridized carbons (Fsp3) is 0.533. The Bertz CT molecular complexity index is 394. The molecule has 1 fully saturated rings. The third-order valence-corrected chi connectivity index (χ3v) is 3.24. The van der Waals surface area contributed by atoms with Gasteiger partial charge >= 0.3 is 5.97 Å². The fourth-order valence-electron chi connectivity index (χ4n) is 2.27. The van der Waals surface area contributed by atoms with Crippen LogP contribution in [0.1, 0.15) is 25.3 Å². The topological polar surface area (TPSA) is 47.6 Å². The summed E-state index contributed by atoms with van der Waals surface area (Å²) >= 11 is 0. The van der Waals surface area contributed by atoms with Crippen molar-refractivity contribution in [3.63, 3.8) is 0 Å². The summed E-state index contributed by atoms with van der Waals surface area (Å²) in [5.41, 5.74) is 1.17. The van der Waals surface area contributed by atoms with Gasteiger partial charge in [0, 0.05) is 6.04 Å². The molecule has 2 atom stereocenters. The molecule has 4 nitrogen and oxygen atoms in total. The van der Waals surface area contributed by atoms with Crippen molar-refractivity contribution in [2.45, 2.75) is 38.5 Å². The summed E-state index contributed by atoms with van der Waals surface area (Å²) in [5.74, 6) is -0.145. The Balaban J connectivity index is 1.67. The van der Waals surface area contributed by atoms with Crippen LogP contribution in [0.15, 0.2) is 30.3 Å². The van der Waals surface area contributed by atoms with Crippen molar-refractivity contribution in [1.29, 1.82) is 0 Å². The quantitative estimate of drug-likeness (QED) is 0.796. The molecule has 0 radical (unpaired) electrons. The molecular weight excluding hydrogens is 242 g/mol. The number of ether oxygens (including phenoxy) is 2. The van der Waals surface area contributed by atoms with Crippen molar-refractivity contribution in [2.75, 3.05) is 13.2 Å². The molecule has 1 aliphatic heterocycles. The first kappa shape index (κ1) is 14.0. The van der Waals surface area contributed by atoms with Gasteiger partial charge in [-0.05, 0) is 25.3 Å². The number of rotatable bonds is 6. The lowest BCUT2D eigenvalue weighted by Gasteiger charge is -2.13. The molecule has 104 valence electrons. The van der Waals surface area contributed by atoms with Crippen LogP contribution in [0, 0.1) is 0 Å². The zero-order valence-electron chi connectivity index (χ0n) is 11.3. The highest BCUT2D eigenvalue weighted by Gasteiger charge is 2.29. The molecule has 1 saturated heterocycles. The highest BCUT2D eigenvalue weighted by Crippen LogP contribution is 2.14. The predicted molar refractivity (Wildman–Crippen MR) is 72.7 cm³/mol. The van der Waals surface area contributed by atoms with E-state index in [0.29, 0.717) is 19.8 Å². The molecule has 1 aliphatic rings. The minimum atomic E-state index is -0.162. The second-order valence-electron chi connectivity index (χ2n) is 4.75. The average molecular weight is 263 g/mol. The summed E-state index contributed by atoms with van der Waals surface area (Å²) in [5, 5.41) is 3.26. The number of carbonyl (C=O) groups excluding carboxylic acids is 1. The number of hydrogen-bond acceptors (Lipinski definition) is 4. The van der Waals surface area contributed by atoms with Crippen molar-refractivity contribution >= 4 is 5.97 Å². The van der Waals surface area contributed by atoms with Crippen LogP contribution in [-0.2, 0) is 20.9 Å². The molecule has 4 heteroatoms. The van der Waals surface area contributed by atoms with E-state index < -0.39 is 0 Å². The van der Waals surface area contributed by atoms with Crippen molar-refractivity contribution in [3.8, 4) is 0 Å². The van der Waals surface area contributed by atoms with Crippen LogP contribution in [0.4, 0.5) is 0 Å². The van der Waals surface area contributed by atoms with Gasteiger partial charge in [0.25, 0.3) is 0 Å². The van der Waals surface area contributed by atoms with E-state index in [4.69, 9.17) is 9.47 Å². The van der Waals surface area contributed by atoms with Crippen LogP contribution >= 0.6 is 0 Å². The zero-order chi connectivity index (χ0) is 13.5. The lowest BCUT2D eigenvalue weighted by Crippen LogP contribution is -2.38. The van der Waals surface area contributed by atoms with Crippen molar-refractivity contribution in [2.24, 2.45) is 0 Å². The van der Waals surface area contributed by atoms with Gasteiger partial charge in [0.2, 0.25) is 0 Å². The Morgan fingerprint density at radius 1 is 1.32 bits per heavy atom. The molecule has 2 rings (SSSR count). The van der Waals surface area contributed by atoms with Crippen molar-refractivity contribution in [1.82, 2.24) is 5.32 Å². The van der Waals surface area contributed by atoms with E-state index >= 15 is 0 Å². The lowest BCUT2D eigenvalue weighted by molar-refractivity contribution is -0.145. The first-order valence-corrected chi connectivity index (χ1v) is 6.84. The second-order valence-corrected chi connectivity index (χ2v) is 4.75. The molecule has 1 aromatic carbocycles. The van der Waals surface area contributed by atoms with E-state index in [1.165, 1.54) is 5.56 Å². The third kappa shape index (κ3) is 4.33. The standard InChI is InChI=1S/C15H21NO3/c1-2-19-15(17)14-9-8-13(16-14)11-18-10-12-6-4-3-5-7-12/h3-7,13-14,16H,2,8-11H2,1H3. The summed E-state index contributed by atoms with van der Waals surface area (Å²) in [4.78, 5) is 11.6. The zero-order valence-corrected chi connectivity index (χ0v) is 11.3. The molecule has 0 bridgehead atoms. The van der Waals surface area contributed by atoms with Gasteiger partial charge in [-0.3, -0.25) is 10.1 Å². The maximum atomic E-state index is 11.6. The van der Waals surface area contributed by atoms with Gasteiger partial charge in [-0.1, -0.05) is 30.3 Å². The molecule has 0 aliphatic carbocycles. The van der Waals surface area contributed by atoms with Crippen LogP contribution in [0.3, 0.4) is 0 Å². The number of hydrogen-bond donors (Lipinski definition) is 1. The van der Waals surface area contributed by atoms with Gasteiger partial charge in [0.05, 0.1) is 19.8 Å². The Hall–Kier alpha value is -1.39. The average Bonchev–Trinajstić information content (AvgIpc) is 2.89. The van der Waals surface area contributed by atoms with Gasteiger partial charge < -0.3 is 9.47 Å². The first-order valence-electron chi connectivity index (χ1n) is 6.84. The molecule has 1 N–H and O–H groups in total. The Labute approximate surface area is 114 Å². The molecular formula is C15H21NO3. The second kappa shape index (κ2) is 7.26. The third-order valence-electron chi connectivity index (χ3n) is 3.24. The highest BCUT2D eigenvalue weighted by atomic mass is 16.5. The summed E-state index contributed by atoms with van der Waals surface area (Å²) < 4.78 is 10.7. The monoisotopic (exact) mass is 263 g/mol. The fourth-order valence-corrected chi connectivity index (χ4v) is 2.27. The van der Waals surface area contributed by atoms with Crippen LogP contribution in [-0.4, -0.2) is 31.3 Å². The largest absolute Gasteiger partial charge is 0.465 e. The van der Waals surface area contributed by atoms with Gasteiger partial charge in [-0.2, -0.15) is 0 Å². The Morgan fingerprint density at radius 2 is 2.11 bits per heavy atom. The highest BCUT2D eigenvalue weighted by molar-refractivity contribution is 5.76. The minimum Gasteiger partial charge on any atom is -0.465 e. The van der Waals surface area contributed by atoms with E-state index in [0.717, 1.165) is 12.8 Å². The number of esters is 1. The SMILES string of the molecule is CCOC(=O)C1CCC(COCc2ccccc2)N1.